The normalized spacial score (nSPS) is 13.0. The first-order chi connectivity index (χ1) is 33.8. The highest BCUT2D eigenvalue weighted by atomic mass is 14.9. The van der Waals surface area contributed by atoms with Crippen LogP contribution in [0.4, 0.5) is 0 Å². The van der Waals surface area contributed by atoms with Gasteiger partial charge in [-0.1, -0.05) is 80.4 Å². The minimum Gasteiger partial charge on any atom is -0.201 e. The first-order valence-electron chi connectivity index (χ1n) is 26.0. The lowest BCUT2D eigenvalue weighted by Gasteiger charge is -2.09. The molecule has 4 aromatic heterocycles. The number of pyridine rings is 4. The topological polar surface area (TPSA) is 15.5 Å². The molecule has 8 rings (SSSR count). The number of hydrogen-bond donors (Lipinski definition) is 0. The predicted octanol–water partition coefficient (Wildman–Crippen LogP) is 12.3. The second-order valence-corrected chi connectivity index (χ2v) is 17.0. The van der Waals surface area contributed by atoms with Crippen LogP contribution in [-0.2, 0) is 41.0 Å². The Hall–Kier alpha value is -6.52. The predicted molar refractivity (Wildman–Crippen MR) is 269 cm³/mol. The van der Waals surface area contributed by atoms with Crippen LogP contribution in [0.25, 0.3) is 45.0 Å². The van der Waals surface area contributed by atoms with Gasteiger partial charge in [-0.25, -0.2) is 18.3 Å². The van der Waals surface area contributed by atoms with Gasteiger partial charge >= 0.3 is 0 Å². The maximum atomic E-state index is 7.83. The van der Waals surface area contributed by atoms with Gasteiger partial charge in [0.1, 0.15) is 28.2 Å². The van der Waals surface area contributed by atoms with Gasteiger partial charge in [-0.3, -0.25) is 0 Å². The van der Waals surface area contributed by atoms with Crippen LogP contribution in [0.3, 0.4) is 0 Å². The second-order valence-electron chi connectivity index (χ2n) is 17.0. The third kappa shape index (κ3) is 13.3. The zero-order valence-electron chi connectivity index (χ0n) is 47.7. The molecule has 0 N–H and O–H groups in total. The molecule has 0 bridgehead atoms. The monoisotopic (exact) mass is 857 g/mol. The van der Waals surface area contributed by atoms with Crippen LogP contribution in [0.2, 0.25) is 0 Å². The van der Waals surface area contributed by atoms with E-state index in [-0.39, 0.29) is 5.56 Å². The Morgan fingerprint density at radius 3 is 1.23 bits per heavy atom. The Labute approximate surface area is 397 Å². The van der Waals surface area contributed by atoms with Crippen molar-refractivity contribution in [3.63, 3.8) is 0 Å². The average Bonchev–Trinajstić information content (AvgIpc) is 3.31. The summed E-state index contributed by atoms with van der Waals surface area (Å²) in [6.45, 7) is 10.1. The lowest BCUT2D eigenvalue weighted by atomic mass is 9.97. The van der Waals surface area contributed by atoms with Crippen molar-refractivity contribution in [1.82, 2.24) is 0 Å². The smallest absolute Gasteiger partial charge is 0.201 e. The molecule has 0 aliphatic rings. The van der Waals surface area contributed by atoms with Crippen molar-refractivity contribution >= 4 is 0 Å². The van der Waals surface area contributed by atoms with E-state index >= 15 is 0 Å². The zero-order valence-corrected chi connectivity index (χ0v) is 39.7. The SMILES string of the molecule is Cc1cc(CC(C)C)ccc1-c1cccc[n+]1C.Cc1ccc(C)c(-c2cccc[n+]2C)c1.[2H]C([2H])([2H])C([2H])([2H])c1ccc(-c2cccc[n+]2C)c(C)c1.[2H]C([2H])([2H])c1ccc(-c2cccc[n+]2C)c(C)c1. The maximum Gasteiger partial charge on any atom is 0.212 e. The molecule has 4 nitrogen and oxygen atoms in total. The molecule has 0 amide bonds. The third-order valence-corrected chi connectivity index (χ3v) is 11.2. The molecule has 0 unspecified atom stereocenters. The summed E-state index contributed by atoms with van der Waals surface area (Å²) in [6, 6.07) is 48.1. The summed E-state index contributed by atoms with van der Waals surface area (Å²) in [5.41, 5.74) is 17.1. The lowest BCUT2D eigenvalue weighted by Crippen LogP contribution is -2.30. The van der Waals surface area contributed by atoms with Gasteiger partial charge < -0.3 is 0 Å². The van der Waals surface area contributed by atoms with Gasteiger partial charge in [-0.2, -0.15) is 0 Å². The highest BCUT2D eigenvalue weighted by Gasteiger charge is 2.14. The van der Waals surface area contributed by atoms with E-state index in [0.29, 0.717) is 11.5 Å². The molecule has 0 radical (unpaired) electrons. The summed E-state index contributed by atoms with van der Waals surface area (Å²) in [4.78, 5) is 0. The average molecular weight is 857 g/mol. The molecule has 0 saturated heterocycles. The van der Waals surface area contributed by atoms with Gasteiger partial charge in [-0.05, 0) is 142 Å². The summed E-state index contributed by atoms with van der Waals surface area (Å²) in [7, 11) is 8.09. The van der Waals surface area contributed by atoms with E-state index in [1.807, 2.05) is 91.9 Å². The molecule has 4 heteroatoms. The molecule has 0 aliphatic heterocycles. The molecule has 0 saturated carbocycles. The molecule has 0 spiro atoms. The van der Waals surface area contributed by atoms with Crippen LogP contribution in [0.15, 0.2) is 170 Å². The zero-order chi connectivity index (χ0) is 53.1. The van der Waals surface area contributed by atoms with Crippen molar-refractivity contribution in [2.45, 2.75) is 75.0 Å². The Kier molecular flexibility index (Phi) is 13.8. The van der Waals surface area contributed by atoms with Crippen molar-refractivity contribution in [2.75, 3.05) is 0 Å². The first kappa shape index (κ1) is 38.0. The van der Waals surface area contributed by atoms with E-state index in [1.165, 1.54) is 44.8 Å². The van der Waals surface area contributed by atoms with E-state index in [2.05, 4.69) is 143 Å². The van der Waals surface area contributed by atoms with Crippen LogP contribution >= 0.6 is 0 Å². The Bertz CT molecular complexity index is 3100. The van der Waals surface area contributed by atoms with Gasteiger partial charge in [0.05, 0.1) is 0 Å². The van der Waals surface area contributed by atoms with Gasteiger partial charge in [0.2, 0.25) is 22.8 Å². The van der Waals surface area contributed by atoms with E-state index in [4.69, 9.17) is 11.0 Å². The third-order valence-electron chi connectivity index (χ3n) is 11.2. The Morgan fingerprint density at radius 2 is 0.828 bits per heavy atom. The number of nitrogens with zero attached hydrogens (tertiary/aromatic N) is 4. The second kappa shape index (κ2) is 23.2. The minimum atomic E-state index is -2.68. The van der Waals surface area contributed by atoms with Crippen LogP contribution in [0, 0.1) is 47.4 Å². The van der Waals surface area contributed by atoms with Gasteiger partial charge in [-0.15, -0.1) is 0 Å². The quantitative estimate of drug-likeness (QED) is 0.142. The van der Waals surface area contributed by atoms with E-state index < -0.39 is 20.1 Å². The van der Waals surface area contributed by atoms with Crippen molar-refractivity contribution in [3.8, 4) is 45.0 Å². The van der Waals surface area contributed by atoms with Crippen LogP contribution in [0.1, 0.15) is 76.2 Å². The number of benzene rings is 4. The number of hydrogen-bond acceptors (Lipinski definition) is 0. The minimum absolute atomic E-state index is 0.183. The molecule has 0 fully saturated rings. The van der Waals surface area contributed by atoms with Crippen LogP contribution < -0.4 is 18.3 Å². The molecule has 64 heavy (non-hydrogen) atoms. The number of aromatic nitrogens is 4. The summed E-state index contributed by atoms with van der Waals surface area (Å²) in [5.74, 6) is 0.711. The molecule has 4 heterocycles. The van der Waals surface area contributed by atoms with E-state index in [0.717, 1.165) is 40.1 Å². The fraction of sp³-hybridized carbons (Fsp3) is 0.267. The van der Waals surface area contributed by atoms with Crippen molar-refractivity contribution in [3.05, 3.63) is 215 Å². The van der Waals surface area contributed by atoms with E-state index in [9.17, 15) is 0 Å². The maximum absolute atomic E-state index is 7.83. The van der Waals surface area contributed by atoms with Crippen LogP contribution in [-0.4, -0.2) is 0 Å². The standard InChI is InChI=1S/C17H22N.C15H18N.2C14H16N/c1-13(2)11-15-8-9-16(14(3)12-15)17-7-5-6-10-18(17)4;1-4-13-8-9-14(12(2)11-13)15-7-5-6-10-16(15)3;1-11-7-8-13(12(2)10-11)14-6-4-5-9-15(14)3;1-11-7-8-12(2)13(10-11)14-6-4-5-9-15(14)3/h5-10,12-13H,11H2,1-4H3;5-11H,4H2,1-3H3;2*4-10H,1-3H3/q4*+1/i;1D3,4D2;1D3;. The largest absolute Gasteiger partial charge is 0.212 e. The van der Waals surface area contributed by atoms with Gasteiger partial charge in [0.15, 0.2) is 24.8 Å². The Balaban J connectivity index is 0.000000179. The number of aryl methyl sites for hydroxylation is 11. The van der Waals surface area contributed by atoms with E-state index in [1.54, 1.807) is 30.3 Å². The first-order valence-corrected chi connectivity index (χ1v) is 22.0. The summed E-state index contributed by atoms with van der Waals surface area (Å²) >= 11 is 0. The number of rotatable bonds is 7. The highest BCUT2D eigenvalue weighted by Crippen LogP contribution is 2.25. The van der Waals surface area contributed by atoms with Gasteiger partial charge in [0, 0.05) is 81.8 Å². The fourth-order valence-electron chi connectivity index (χ4n) is 7.82. The molecule has 328 valence electrons. The fourth-order valence-corrected chi connectivity index (χ4v) is 7.82. The van der Waals surface area contributed by atoms with Gasteiger partial charge in [0.25, 0.3) is 0 Å². The van der Waals surface area contributed by atoms with Crippen molar-refractivity contribution < 1.29 is 29.2 Å². The summed E-state index contributed by atoms with van der Waals surface area (Å²) in [5, 5.41) is 0. The van der Waals surface area contributed by atoms with Crippen LogP contribution in [0.5, 0.6) is 0 Å². The van der Waals surface area contributed by atoms with Crippen molar-refractivity contribution in [2.24, 2.45) is 34.1 Å². The summed E-state index contributed by atoms with van der Waals surface area (Å²) < 4.78 is 68.3. The lowest BCUT2D eigenvalue weighted by molar-refractivity contribution is -0.660. The molecular formula is C60H72N4+4. The van der Waals surface area contributed by atoms with Crippen molar-refractivity contribution in [1.29, 1.82) is 0 Å². The molecule has 8 aromatic rings. The molecular weight excluding hydrogens is 777 g/mol. The molecule has 0 aliphatic carbocycles. The highest BCUT2D eigenvalue weighted by molar-refractivity contribution is 5.64. The Morgan fingerprint density at radius 1 is 0.422 bits per heavy atom. The molecule has 0 atom stereocenters. The summed E-state index contributed by atoms with van der Waals surface area (Å²) in [6.07, 6.45) is 6.89. The molecule has 4 aromatic carbocycles.